The number of pyridine rings is 1. The first-order valence-electron chi connectivity index (χ1n) is 5.50. The fourth-order valence-electron chi connectivity index (χ4n) is 1.59. The molecule has 1 aromatic carbocycles. The van der Waals surface area contributed by atoms with Gasteiger partial charge in [0.25, 0.3) is 0 Å². The minimum atomic E-state index is 0.694. The molecule has 2 N–H and O–H groups in total. The number of thioether (sulfide) groups is 1. The lowest BCUT2D eigenvalue weighted by molar-refractivity contribution is 1.13. The summed E-state index contributed by atoms with van der Waals surface area (Å²) in [6.07, 6.45) is 1.68. The molecule has 0 saturated carbocycles. The minimum Gasteiger partial charge on any atom is -0.397 e. The number of nitrogen functional groups attached to an aromatic ring is 1. The zero-order valence-corrected chi connectivity index (χ0v) is 11.2. The van der Waals surface area contributed by atoms with E-state index in [0.717, 1.165) is 21.3 Å². The van der Waals surface area contributed by atoms with E-state index in [1.54, 1.807) is 29.3 Å². The molecule has 5 heteroatoms. The van der Waals surface area contributed by atoms with Crippen molar-refractivity contribution in [3.05, 3.63) is 47.6 Å². The molecule has 3 aromatic rings. The summed E-state index contributed by atoms with van der Waals surface area (Å²) in [4.78, 5) is 8.85. The Labute approximate surface area is 113 Å². The SMILES string of the molecule is Nc1ccc(SCc2nc3ccccc3s2)nc1. The topological polar surface area (TPSA) is 51.8 Å². The monoisotopic (exact) mass is 273 g/mol. The molecular weight excluding hydrogens is 262 g/mol. The molecule has 0 radical (unpaired) electrons. The summed E-state index contributed by atoms with van der Waals surface area (Å²) in [5.41, 5.74) is 7.37. The van der Waals surface area contributed by atoms with E-state index in [1.807, 2.05) is 30.3 Å². The largest absolute Gasteiger partial charge is 0.397 e. The van der Waals surface area contributed by atoms with Crippen LogP contribution in [0.4, 0.5) is 5.69 Å². The molecule has 0 fully saturated rings. The summed E-state index contributed by atoms with van der Waals surface area (Å²) in [5.74, 6) is 0.844. The van der Waals surface area contributed by atoms with Gasteiger partial charge in [-0.05, 0) is 24.3 Å². The van der Waals surface area contributed by atoms with Crippen molar-refractivity contribution in [1.29, 1.82) is 0 Å². The fraction of sp³-hybridized carbons (Fsp3) is 0.0769. The summed E-state index contributed by atoms with van der Waals surface area (Å²) < 4.78 is 1.23. The van der Waals surface area contributed by atoms with Gasteiger partial charge in [0, 0.05) is 0 Å². The summed E-state index contributed by atoms with van der Waals surface area (Å²) in [6.45, 7) is 0. The average molecular weight is 273 g/mol. The molecular formula is C13H11N3S2. The van der Waals surface area contributed by atoms with E-state index in [9.17, 15) is 0 Å². The number of para-hydroxylation sites is 1. The maximum Gasteiger partial charge on any atom is 0.104 e. The Morgan fingerprint density at radius 1 is 1.17 bits per heavy atom. The van der Waals surface area contributed by atoms with Crippen molar-refractivity contribution in [1.82, 2.24) is 9.97 Å². The molecule has 2 heterocycles. The van der Waals surface area contributed by atoms with E-state index in [4.69, 9.17) is 5.73 Å². The van der Waals surface area contributed by atoms with Crippen LogP contribution in [0.5, 0.6) is 0 Å². The van der Waals surface area contributed by atoms with Crippen LogP contribution in [0.1, 0.15) is 5.01 Å². The van der Waals surface area contributed by atoms with Gasteiger partial charge in [0.2, 0.25) is 0 Å². The molecule has 3 rings (SSSR count). The smallest absolute Gasteiger partial charge is 0.104 e. The second kappa shape index (κ2) is 4.96. The minimum absolute atomic E-state index is 0.694. The summed E-state index contributed by atoms with van der Waals surface area (Å²) in [5, 5.41) is 2.10. The Balaban J connectivity index is 1.74. The first-order valence-corrected chi connectivity index (χ1v) is 7.30. The van der Waals surface area contributed by atoms with Crippen molar-refractivity contribution in [2.75, 3.05) is 5.73 Å². The standard InChI is InChI=1S/C13H11N3S2/c14-9-5-6-12(15-7-9)17-8-13-16-10-3-1-2-4-11(10)18-13/h1-7H,8,14H2. The highest BCUT2D eigenvalue weighted by Crippen LogP contribution is 2.27. The van der Waals surface area contributed by atoms with Crippen LogP contribution >= 0.6 is 23.1 Å². The number of nitrogens with two attached hydrogens (primary N) is 1. The molecule has 0 amide bonds. The number of rotatable bonds is 3. The first kappa shape index (κ1) is 11.5. The highest BCUT2D eigenvalue weighted by Gasteiger charge is 2.04. The predicted octanol–water partition coefficient (Wildman–Crippen LogP) is 3.57. The number of benzene rings is 1. The molecule has 0 saturated heterocycles. The lowest BCUT2D eigenvalue weighted by Crippen LogP contribution is -1.87. The van der Waals surface area contributed by atoms with Gasteiger partial charge in [0.05, 0.1) is 32.9 Å². The van der Waals surface area contributed by atoms with Gasteiger partial charge >= 0.3 is 0 Å². The van der Waals surface area contributed by atoms with E-state index < -0.39 is 0 Å². The average Bonchev–Trinajstić information content (AvgIpc) is 2.81. The van der Waals surface area contributed by atoms with Crippen LogP contribution < -0.4 is 5.73 Å². The quantitative estimate of drug-likeness (QED) is 0.741. The number of thiazole rings is 1. The predicted molar refractivity (Wildman–Crippen MR) is 77.8 cm³/mol. The Kier molecular flexibility index (Phi) is 3.17. The summed E-state index contributed by atoms with van der Waals surface area (Å²) >= 11 is 3.41. The number of hydrogen-bond donors (Lipinski definition) is 1. The third-order valence-corrected chi connectivity index (χ3v) is 4.62. The number of hydrogen-bond acceptors (Lipinski definition) is 5. The fourth-order valence-corrected chi connectivity index (χ4v) is 3.40. The molecule has 18 heavy (non-hydrogen) atoms. The molecule has 0 aliphatic heterocycles. The molecule has 3 nitrogen and oxygen atoms in total. The molecule has 90 valence electrons. The normalized spacial score (nSPS) is 10.9. The van der Waals surface area contributed by atoms with Crippen molar-refractivity contribution in [2.45, 2.75) is 10.8 Å². The molecule has 0 aliphatic carbocycles. The van der Waals surface area contributed by atoms with Gasteiger partial charge in [-0.3, -0.25) is 0 Å². The Morgan fingerprint density at radius 3 is 2.83 bits per heavy atom. The molecule has 0 atom stereocenters. The molecule has 0 aliphatic rings. The number of anilines is 1. The van der Waals surface area contributed by atoms with Gasteiger partial charge in [0.1, 0.15) is 5.01 Å². The van der Waals surface area contributed by atoms with Crippen LogP contribution in [-0.4, -0.2) is 9.97 Å². The van der Waals surface area contributed by atoms with Gasteiger partial charge in [-0.25, -0.2) is 9.97 Å². The van der Waals surface area contributed by atoms with E-state index in [0.29, 0.717) is 5.69 Å². The Morgan fingerprint density at radius 2 is 2.06 bits per heavy atom. The van der Waals surface area contributed by atoms with Gasteiger partial charge in [-0.15, -0.1) is 11.3 Å². The third-order valence-electron chi connectivity index (χ3n) is 2.44. The van der Waals surface area contributed by atoms with Crippen LogP contribution in [0.25, 0.3) is 10.2 Å². The molecule has 0 bridgehead atoms. The zero-order valence-electron chi connectivity index (χ0n) is 9.54. The lowest BCUT2D eigenvalue weighted by Gasteiger charge is -1.98. The highest BCUT2D eigenvalue weighted by atomic mass is 32.2. The van der Waals surface area contributed by atoms with Crippen molar-refractivity contribution in [3.8, 4) is 0 Å². The molecule has 0 unspecified atom stereocenters. The Hall–Kier alpha value is -1.59. The van der Waals surface area contributed by atoms with Crippen LogP contribution in [0.2, 0.25) is 0 Å². The van der Waals surface area contributed by atoms with Crippen molar-refractivity contribution < 1.29 is 0 Å². The van der Waals surface area contributed by atoms with Crippen LogP contribution in [0.15, 0.2) is 47.6 Å². The number of fused-ring (bicyclic) bond motifs is 1. The summed E-state index contributed by atoms with van der Waals surface area (Å²) in [7, 11) is 0. The van der Waals surface area contributed by atoms with Crippen molar-refractivity contribution in [2.24, 2.45) is 0 Å². The molecule has 2 aromatic heterocycles. The Bertz CT molecular complexity index is 628. The van der Waals surface area contributed by atoms with Gasteiger partial charge < -0.3 is 5.73 Å². The highest BCUT2D eigenvalue weighted by molar-refractivity contribution is 7.98. The van der Waals surface area contributed by atoms with Crippen molar-refractivity contribution in [3.63, 3.8) is 0 Å². The number of nitrogens with zero attached hydrogens (tertiary/aromatic N) is 2. The second-order valence-corrected chi connectivity index (χ2v) is 5.90. The first-order chi connectivity index (χ1) is 8.81. The number of aromatic nitrogens is 2. The van der Waals surface area contributed by atoms with E-state index in [2.05, 4.69) is 16.0 Å². The maximum absolute atomic E-state index is 5.60. The van der Waals surface area contributed by atoms with Gasteiger partial charge in [-0.1, -0.05) is 23.9 Å². The van der Waals surface area contributed by atoms with Crippen LogP contribution in [0.3, 0.4) is 0 Å². The van der Waals surface area contributed by atoms with Gasteiger partial charge in [0.15, 0.2) is 0 Å². The van der Waals surface area contributed by atoms with Gasteiger partial charge in [-0.2, -0.15) is 0 Å². The van der Waals surface area contributed by atoms with Crippen LogP contribution in [-0.2, 0) is 5.75 Å². The van der Waals surface area contributed by atoms with Crippen molar-refractivity contribution >= 4 is 39.0 Å². The lowest BCUT2D eigenvalue weighted by atomic mass is 10.3. The van der Waals surface area contributed by atoms with E-state index in [1.165, 1.54) is 4.70 Å². The summed E-state index contributed by atoms with van der Waals surface area (Å²) in [6, 6.07) is 12.0. The third kappa shape index (κ3) is 2.47. The molecule has 0 spiro atoms. The maximum atomic E-state index is 5.60. The van der Waals surface area contributed by atoms with Crippen LogP contribution in [0, 0.1) is 0 Å². The second-order valence-electron chi connectivity index (χ2n) is 3.79. The van der Waals surface area contributed by atoms with E-state index in [-0.39, 0.29) is 0 Å². The van der Waals surface area contributed by atoms with E-state index >= 15 is 0 Å². The zero-order chi connectivity index (χ0) is 12.4.